The predicted octanol–water partition coefficient (Wildman–Crippen LogP) is 4.54. The zero-order chi connectivity index (χ0) is 20.8. The summed E-state index contributed by atoms with van der Waals surface area (Å²) in [5, 5.41) is 4.92. The number of para-hydroxylation sites is 1. The van der Waals surface area contributed by atoms with Crippen LogP contribution in [0.25, 0.3) is 16.7 Å². The van der Waals surface area contributed by atoms with E-state index in [1.54, 1.807) is 21.8 Å². The molecule has 0 spiro atoms. The number of aromatic nitrogens is 4. The number of rotatable bonds is 3. The number of hydrogen-bond acceptors (Lipinski definition) is 3. The molecule has 4 aromatic rings. The minimum Gasteiger partial charge on any atom is -0.294 e. The van der Waals surface area contributed by atoms with E-state index < -0.39 is 0 Å². The molecule has 4 rings (SSSR count). The van der Waals surface area contributed by atoms with Gasteiger partial charge < -0.3 is 0 Å². The van der Waals surface area contributed by atoms with Crippen LogP contribution in [0.15, 0.2) is 59.8 Å². The maximum absolute atomic E-state index is 13.1. The van der Waals surface area contributed by atoms with Crippen LogP contribution in [0.2, 0.25) is 0 Å². The molecule has 0 fully saturated rings. The lowest BCUT2D eigenvalue weighted by Crippen LogP contribution is -2.22. The third kappa shape index (κ3) is 3.48. The summed E-state index contributed by atoms with van der Waals surface area (Å²) in [7, 11) is 0. The van der Waals surface area contributed by atoms with Crippen molar-refractivity contribution in [1.29, 1.82) is 0 Å². The van der Waals surface area contributed by atoms with Crippen LogP contribution in [0, 0.1) is 13.8 Å². The van der Waals surface area contributed by atoms with Crippen molar-refractivity contribution < 1.29 is 0 Å². The van der Waals surface area contributed by atoms with Crippen molar-refractivity contribution in [1.82, 2.24) is 19.3 Å². The molecule has 0 aliphatic carbocycles. The third-order valence-corrected chi connectivity index (χ3v) is 5.45. The van der Waals surface area contributed by atoms with E-state index in [1.807, 2.05) is 30.3 Å². The highest BCUT2D eigenvalue weighted by atomic mass is 16.1. The molecule has 2 aromatic heterocycles. The van der Waals surface area contributed by atoms with E-state index in [9.17, 15) is 4.79 Å². The van der Waals surface area contributed by atoms with Crippen LogP contribution in [-0.2, 0) is 12.0 Å². The van der Waals surface area contributed by atoms with Crippen LogP contribution in [-0.4, -0.2) is 19.3 Å². The van der Waals surface area contributed by atoms with Crippen molar-refractivity contribution >= 4 is 11.0 Å². The van der Waals surface area contributed by atoms with Gasteiger partial charge >= 0.3 is 0 Å². The fourth-order valence-electron chi connectivity index (χ4n) is 3.67. The molecule has 0 saturated heterocycles. The Morgan fingerprint density at radius 2 is 1.66 bits per heavy atom. The average molecular weight is 386 g/mol. The number of nitrogens with zero attached hydrogens (tertiary/aromatic N) is 4. The minimum atomic E-state index is -0.0733. The van der Waals surface area contributed by atoms with Crippen molar-refractivity contribution in [2.24, 2.45) is 0 Å². The standard InChI is InChI=1S/C24H26N4O/c1-16-11-18(24(3,4)5)12-17(2)21(16)14-27-15-25-22-20(23(27)29)13-26-28(22)19-9-7-6-8-10-19/h6-13,15H,14H2,1-5H3. The number of fused-ring (bicyclic) bond motifs is 1. The molecule has 0 amide bonds. The van der Waals surface area contributed by atoms with Crippen LogP contribution in [0.1, 0.15) is 43.0 Å². The van der Waals surface area contributed by atoms with Crippen molar-refractivity contribution in [3.63, 3.8) is 0 Å². The van der Waals surface area contributed by atoms with Gasteiger partial charge in [0, 0.05) is 0 Å². The summed E-state index contributed by atoms with van der Waals surface area (Å²) in [5.41, 5.74) is 6.35. The van der Waals surface area contributed by atoms with Crippen LogP contribution in [0.5, 0.6) is 0 Å². The van der Waals surface area contributed by atoms with E-state index in [2.05, 4.69) is 56.8 Å². The van der Waals surface area contributed by atoms with E-state index in [1.165, 1.54) is 16.7 Å². The molecule has 0 saturated carbocycles. The summed E-state index contributed by atoms with van der Waals surface area (Å²) in [6, 6.07) is 14.2. The van der Waals surface area contributed by atoms with E-state index in [4.69, 9.17) is 0 Å². The van der Waals surface area contributed by atoms with Gasteiger partial charge in [-0.2, -0.15) is 5.10 Å². The maximum Gasteiger partial charge on any atom is 0.264 e. The Hall–Kier alpha value is -3.21. The van der Waals surface area contributed by atoms with Crippen molar-refractivity contribution in [3.8, 4) is 5.69 Å². The topological polar surface area (TPSA) is 52.7 Å². The first-order valence-corrected chi connectivity index (χ1v) is 9.85. The van der Waals surface area contributed by atoms with Crippen molar-refractivity contribution in [2.75, 3.05) is 0 Å². The fourth-order valence-corrected chi connectivity index (χ4v) is 3.67. The molecule has 0 radical (unpaired) electrons. The SMILES string of the molecule is Cc1cc(C(C)(C)C)cc(C)c1Cn1cnc2c(cnn2-c2ccccc2)c1=O. The number of hydrogen-bond donors (Lipinski definition) is 0. The maximum atomic E-state index is 13.1. The van der Waals surface area contributed by atoms with Crippen molar-refractivity contribution in [3.05, 3.63) is 87.6 Å². The quantitative estimate of drug-likeness (QED) is 0.519. The Morgan fingerprint density at radius 1 is 1.00 bits per heavy atom. The highest BCUT2D eigenvalue weighted by Gasteiger charge is 2.17. The minimum absolute atomic E-state index is 0.0733. The summed E-state index contributed by atoms with van der Waals surface area (Å²) in [6.45, 7) is 11.4. The Balaban J connectivity index is 1.75. The van der Waals surface area contributed by atoms with Gasteiger partial charge in [-0.3, -0.25) is 9.36 Å². The number of aryl methyl sites for hydroxylation is 2. The lowest BCUT2D eigenvalue weighted by molar-refractivity contribution is 0.588. The summed E-state index contributed by atoms with van der Waals surface area (Å²) >= 11 is 0. The van der Waals surface area contributed by atoms with Gasteiger partial charge in [-0.25, -0.2) is 9.67 Å². The summed E-state index contributed by atoms with van der Waals surface area (Å²) in [6.07, 6.45) is 3.24. The fraction of sp³-hybridized carbons (Fsp3) is 0.292. The molecular weight excluding hydrogens is 360 g/mol. The van der Waals surface area contributed by atoms with Gasteiger partial charge in [-0.15, -0.1) is 0 Å². The molecule has 0 unspecified atom stereocenters. The molecule has 2 aromatic carbocycles. The second-order valence-electron chi connectivity index (χ2n) is 8.65. The molecule has 29 heavy (non-hydrogen) atoms. The molecule has 0 atom stereocenters. The van der Waals surface area contributed by atoms with E-state index in [-0.39, 0.29) is 11.0 Å². The zero-order valence-corrected chi connectivity index (χ0v) is 17.6. The highest BCUT2D eigenvalue weighted by molar-refractivity contribution is 5.74. The smallest absolute Gasteiger partial charge is 0.264 e. The number of benzene rings is 2. The Kier molecular flexibility index (Phi) is 4.61. The van der Waals surface area contributed by atoms with Gasteiger partial charge in [0.1, 0.15) is 11.7 Å². The first-order valence-electron chi connectivity index (χ1n) is 9.85. The second-order valence-corrected chi connectivity index (χ2v) is 8.65. The van der Waals surface area contributed by atoms with Crippen LogP contribution >= 0.6 is 0 Å². The Morgan fingerprint density at radius 3 is 2.28 bits per heavy atom. The van der Waals surface area contributed by atoms with Gasteiger partial charge in [0.05, 0.1) is 18.4 Å². The van der Waals surface area contributed by atoms with Gasteiger partial charge in [0.2, 0.25) is 0 Å². The lowest BCUT2D eigenvalue weighted by atomic mass is 9.84. The summed E-state index contributed by atoms with van der Waals surface area (Å²) < 4.78 is 3.38. The lowest BCUT2D eigenvalue weighted by Gasteiger charge is -2.22. The molecule has 5 heteroatoms. The van der Waals surface area contributed by atoms with Gasteiger partial charge in [0.15, 0.2) is 5.65 Å². The summed E-state index contributed by atoms with van der Waals surface area (Å²) in [5.74, 6) is 0. The zero-order valence-electron chi connectivity index (χ0n) is 17.6. The normalized spacial score (nSPS) is 11.9. The Bertz CT molecular complexity index is 1220. The molecule has 0 aliphatic rings. The van der Waals surface area contributed by atoms with E-state index in [0.717, 1.165) is 11.3 Å². The predicted molar refractivity (Wildman–Crippen MR) is 117 cm³/mol. The average Bonchev–Trinajstić information content (AvgIpc) is 3.11. The van der Waals surface area contributed by atoms with Crippen molar-refractivity contribution in [2.45, 2.75) is 46.6 Å². The molecule has 0 N–H and O–H groups in total. The summed E-state index contributed by atoms with van der Waals surface area (Å²) in [4.78, 5) is 17.6. The molecule has 2 heterocycles. The molecule has 148 valence electrons. The van der Waals surface area contributed by atoms with Crippen LogP contribution < -0.4 is 5.56 Å². The molecular formula is C24H26N4O. The van der Waals surface area contributed by atoms with Crippen LogP contribution in [0.3, 0.4) is 0 Å². The first-order chi connectivity index (χ1) is 13.8. The Labute approximate surface area is 170 Å². The first kappa shape index (κ1) is 19.1. The largest absolute Gasteiger partial charge is 0.294 e. The monoisotopic (exact) mass is 386 g/mol. The molecule has 5 nitrogen and oxygen atoms in total. The van der Waals surface area contributed by atoms with Gasteiger partial charge in [-0.05, 0) is 53.6 Å². The molecule has 0 bridgehead atoms. The van der Waals surface area contributed by atoms with Gasteiger partial charge in [-0.1, -0.05) is 51.1 Å². The van der Waals surface area contributed by atoms with Crippen LogP contribution in [0.4, 0.5) is 0 Å². The second kappa shape index (κ2) is 6.99. The highest BCUT2D eigenvalue weighted by Crippen LogP contribution is 2.27. The van der Waals surface area contributed by atoms with E-state index in [0.29, 0.717) is 17.6 Å². The molecule has 0 aliphatic heterocycles. The third-order valence-electron chi connectivity index (χ3n) is 5.45. The van der Waals surface area contributed by atoms with Gasteiger partial charge in [0.25, 0.3) is 5.56 Å². The van der Waals surface area contributed by atoms with E-state index >= 15 is 0 Å².